The van der Waals surface area contributed by atoms with E-state index >= 15 is 0 Å². The van der Waals surface area contributed by atoms with Gasteiger partial charge in [-0.1, -0.05) is 22.0 Å². The van der Waals surface area contributed by atoms with Crippen LogP contribution in [0.2, 0.25) is 0 Å². The van der Waals surface area contributed by atoms with E-state index in [1.54, 1.807) is 30.3 Å². The van der Waals surface area contributed by atoms with Crippen LogP contribution in [-0.2, 0) is 14.1 Å². The van der Waals surface area contributed by atoms with E-state index in [-0.39, 0.29) is 11.4 Å². The maximum atomic E-state index is 11.9. The normalized spacial score (nSPS) is 10.1. The molecule has 102 valence electrons. The van der Waals surface area contributed by atoms with E-state index in [0.717, 1.165) is 13.6 Å². The maximum Gasteiger partial charge on any atom is 0.333 e. The number of benzene rings is 1. The fourth-order valence-corrected chi connectivity index (χ4v) is 2.06. The third-order valence-electron chi connectivity index (χ3n) is 2.73. The summed E-state index contributed by atoms with van der Waals surface area (Å²) in [5, 5.41) is 9.10. The molecular formula is C13H10BrN3O3. The molecule has 1 aromatic carbocycles. The Balaban J connectivity index is 2.66. The standard InChI is InChI=1S/C13H10BrN3O3/c1-16-11(18)10(7-15)12(17(2)13(16)19)20-9-5-3-4-8(14)6-9/h3-6H,1-2H3. The topological polar surface area (TPSA) is 77.0 Å². The van der Waals surface area contributed by atoms with Gasteiger partial charge in [0, 0.05) is 18.6 Å². The smallest absolute Gasteiger partial charge is 0.333 e. The van der Waals surface area contributed by atoms with E-state index in [2.05, 4.69) is 15.9 Å². The summed E-state index contributed by atoms with van der Waals surface area (Å²) in [4.78, 5) is 23.8. The summed E-state index contributed by atoms with van der Waals surface area (Å²) < 4.78 is 8.30. The van der Waals surface area contributed by atoms with Crippen LogP contribution in [0.15, 0.2) is 38.3 Å². The molecule has 1 heterocycles. The van der Waals surface area contributed by atoms with Crippen LogP contribution in [0.25, 0.3) is 0 Å². The lowest BCUT2D eigenvalue weighted by Crippen LogP contribution is -2.38. The molecule has 7 heteroatoms. The van der Waals surface area contributed by atoms with E-state index < -0.39 is 11.2 Å². The molecule has 0 unspecified atom stereocenters. The lowest BCUT2D eigenvalue weighted by atomic mass is 10.3. The molecule has 0 spiro atoms. The molecule has 20 heavy (non-hydrogen) atoms. The van der Waals surface area contributed by atoms with Crippen LogP contribution in [0.1, 0.15) is 5.56 Å². The van der Waals surface area contributed by atoms with Crippen molar-refractivity contribution in [3.8, 4) is 17.7 Å². The molecule has 2 rings (SSSR count). The number of hydrogen-bond acceptors (Lipinski definition) is 4. The molecule has 6 nitrogen and oxygen atoms in total. The minimum Gasteiger partial charge on any atom is -0.439 e. The molecule has 0 radical (unpaired) electrons. The molecule has 0 aliphatic rings. The quantitative estimate of drug-likeness (QED) is 0.833. The third-order valence-corrected chi connectivity index (χ3v) is 3.23. The molecule has 0 atom stereocenters. The van der Waals surface area contributed by atoms with Gasteiger partial charge in [0.2, 0.25) is 5.88 Å². The van der Waals surface area contributed by atoms with Gasteiger partial charge in [-0.3, -0.25) is 13.9 Å². The number of halogens is 1. The molecule has 0 aliphatic carbocycles. The third kappa shape index (κ3) is 2.38. The SMILES string of the molecule is Cn1c(Oc2cccc(Br)c2)c(C#N)c(=O)n(C)c1=O. The number of hydrogen-bond donors (Lipinski definition) is 0. The fourth-order valence-electron chi connectivity index (χ4n) is 1.68. The van der Waals surface area contributed by atoms with E-state index in [1.165, 1.54) is 14.1 Å². The monoisotopic (exact) mass is 335 g/mol. The van der Waals surface area contributed by atoms with Gasteiger partial charge >= 0.3 is 5.69 Å². The molecule has 0 bridgehead atoms. The van der Waals surface area contributed by atoms with Gasteiger partial charge in [-0.15, -0.1) is 0 Å². The largest absolute Gasteiger partial charge is 0.439 e. The Kier molecular flexibility index (Phi) is 3.77. The zero-order valence-electron chi connectivity index (χ0n) is 10.8. The van der Waals surface area contributed by atoms with Crippen molar-refractivity contribution in [2.45, 2.75) is 0 Å². The zero-order valence-corrected chi connectivity index (χ0v) is 12.3. The van der Waals surface area contributed by atoms with E-state index in [1.807, 2.05) is 0 Å². The maximum absolute atomic E-state index is 11.9. The summed E-state index contributed by atoms with van der Waals surface area (Å²) in [6, 6.07) is 8.66. The van der Waals surface area contributed by atoms with Crippen LogP contribution >= 0.6 is 15.9 Å². The summed E-state index contributed by atoms with van der Waals surface area (Å²) in [7, 11) is 2.75. The first-order valence-electron chi connectivity index (χ1n) is 5.59. The average molecular weight is 336 g/mol. The summed E-state index contributed by atoms with van der Waals surface area (Å²) in [6.45, 7) is 0. The van der Waals surface area contributed by atoms with Crippen LogP contribution in [0.3, 0.4) is 0 Å². The fraction of sp³-hybridized carbons (Fsp3) is 0.154. The Labute approximate surface area is 122 Å². The van der Waals surface area contributed by atoms with Crippen molar-refractivity contribution < 1.29 is 4.74 Å². The van der Waals surface area contributed by atoms with Crippen LogP contribution < -0.4 is 16.0 Å². The molecule has 0 fully saturated rings. The van der Waals surface area contributed by atoms with E-state index in [9.17, 15) is 9.59 Å². The second-order valence-electron chi connectivity index (χ2n) is 4.06. The summed E-state index contributed by atoms with van der Waals surface area (Å²) in [6.07, 6.45) is 0. The van der Waals surface area contributed by atoms with Gasteiger partial charge in [-0.25, -0.2) is 4.79 Å². The first kappa shape index (κ1) is 14.1. The molecule has 1 aromatic heterocycles. The van der Waals surface area contributed by atoms with Gasteiger partial charge in [0.05, 0.1) is 0 Å². The average Bonchev–Trinajstić information content (AvgIpc) is 2.43. The number of nitrogens with zero attached hydrogens (tertiary/aromatic N) is 3. The lowest BCUT2D eigenvalue weighted by Gasteiger charge is -2.12. The molecule has 0 aliphatic heterocycles. The van der Waals surface area contributed by atoms with Crippen molar-refractivity contribution in [3.63, 3.8) is 0 Å². The minimum atomic E-state index is -0.680. The van der Waals surface area contributed by atoms with Gasteiger partial charge < -0.3 is 4.74 Å². The highest BCUT2D eigenvalue weighted by atomic mass is 79.9. The summed E-state index contributed by atoms with van der Waals surface area (Å²) in [5.74, 6) is 0.345. The van der Waals surface area contributed by atoms with Crippen molar-refractivity contribution in [1.29, 1.82) is 5.26 Å². The highest BCUT2D eigenvalue weighted by Gasteiger charge is 2.17. The first-order valence-corrected chi connectivity index (χ1v) is 6.38. The summed E-state index contributed by atoms with van der Waals surface area (Å²) >= 11 is 3.29. The van der Waals surface area contributed by atoms with Crippen LogP contribution in [0.5, 0.6) is 11.6 Å². The summed E-state index contributed by atoms with van der Waals surface area (Å²) in [5.41, 5.74) is -1.45. The van der Waals surface area contributed by atoms with Crippen LogP contribution in [-0.4, -0.2) is 9.13 Å². The van der Waals surface area contributed by atoms with Gasteiger partial charge in [-0.05, 0) is 18.2 Å². The predicted molar refractivity (Wildman–Crippen MR) is 75.9 cm³/mol. The molecule has 0 saturated heterocycles. The first-order chi connectivity index (χ1) is 9.45. The predicted octanol–water partition coefficient (Wildman–Crippen LogP) is 1.51. The van der Waals surface area contributed by atoms with Crippen molar-refractivity contribution in [2.75, 3.05) is 0 Å². The van der Waals surface area contributed by atoms with Crippen molar-refractivity contribution >= 4 is 15.9 Å². The molecular weight excluding hydrogens is 326 g/mol. The van der Waals surface area contributed by atoms with Crippen LogP contribution in [0, 0.1) is 11.3 Å². The molecule has 2 aromatic rings. The Morgan fingerprint density at radius 3 is 2.55 bits per heavy atom. The lowest BCUT2D eigenvalue weighted by molar-refractivity contribution is 0.421. The van der Waals surface area contributed by atoms with Gasteiger partial charge in [0.1, 0.15) is 11.8 Å². The molecule has 0 saturated carbocycles. The van der Waals surface area contributed by atoms with Gasteiger partial charge in [-0.2, -0.15) is 5.26 Å². The highest BCUT2D eigenvalue weighted by molar-refractivity contribution is 9.10. The number of aromatic nitrogens is 2. The Hall–Kier alpha value is -2.33. The second-order valence-corrected chi connectivity index (χ2v) is 4.97. The minimum absolute atomic E-state index is 0.0706. The molecule has 0 N–H and O–H groups in total. The van der Waals surface area contributed by atoms with E-state index in [0.29, 0.717) is 5.75 Å². The van der Waals surface area contributed by atoms with E-state index in [4.69, 9.17) is 10.00 Å². The van der Waals surface area contributed by atoms with Gasteiger partial charge in [0.25, 0.3) is 5.56 Å². The Morgan fingerprint density at radius 2 is 1.95 bits per heavy atom. The number of rotatable bonds is 2. The number of nitriles is 1. The van der Waals surface area contributed by atoms with Crippen LogP contribution in [0.4, 0.5) is 0 Å². The Morgan fingerprint density at radius 1 is 1.25 bits per heavy atom. The van der Waals surface area contributed by atoms with Crippen molar-refractivity contribution in [3.05, 3.63) is 55.1 Å². The number of ether oxygens (including phenoxy) is 1. The van der Waals surface area contributed by atoms with Gasteiger partial charge in [0.15, 0.2) is 5.56 Å². The van der Waals surface area contributed by atoms with Crippen molar-refractivity contribution in [1.82, 2.24) is 9.13 Å². The second kappa shape index (κ2) is 5.35. The zero-order chi connectivity index (χ0) is 14.9. The van der Waals surface area contributed by atoms with Crippen molar-refractivity contribution in [2.24, 2.45) is 14.1 Å². The molecule has 0 amide bonds. The highest BCUT2D eigenvalue weighted by Crippen LogP contribution is 2.24. The Bertz CT molecular complexity index is 830.